The van der Waals surface area contributed by atoms with Crippen LogP contribution in [0.5, 0.6) is 0 Å². The summed E-state index contributed by atoms with van der Waals surface area (Å²) < 4.78 is 2.26. The van der Waals surface area contributed by atoms with E-state index in [2.05, 4.69) is 71.2 Å². The van der Waals surface area contributed by atoms with Crippen LogP contribution in [0.1, 0.15) is 54.5 Å². The van der Waals surface area contributed by atoms with Gasteiger partial charge in [-0.1, -0.05) is 92.7 Å². The lowest BCUT2D eigenvalue weighted by atomic mass is 9.94. The topological polar surface area (TPSA) is 50.2 Å². The Balaban J connectivity index is 1.63. The van der Waals surface area contributed by atoms with Crippen molar-refractivity contribution in [3.05, 3.63) is 114 Å². The molecule has 3 aromatic carbocycles. The number of nitrogens with zero attached hydrogens (tertiary/aromatic N) is 3. The monoisotopic (exact) mass is 492 g/mol. The minimum absolute atomic E-state index is 0.0849. The molecule has 0 spiro atoms. The first-order valence-electron chi connectivity index (χ1n) is 13.4. The van der Waals surface area contributed by atoms with E-state index in [4.69, 9.17) is 4.98 Å². The summed E-state index contributed by atoms with van der Waals surface area (Å²) in [6.45, 7) is 6.96. The van der Waals surface area contributed by atoms with Gasteiger partial charge in [-0.3, -0.25) is 4.79 Å². The molecule has 37 heavy (non-hydrogen) atoms. The Morgan fingerprint density at radius 2 is 1.51 bits per heavy atom. The van der Waals surface area contributed by atoms with E-state index < -0.39 is 0 Å². The van der Waals surface area contributed by atoms with Gasteiger partial charge in [0.2, 0.25) is 0 Å². The normalized spacial score (nSPS) is 15.0. The number of hydrogen-bond donors (Lipinski definition) is 1. The lowest BCUT2D eigenvalue weighted by molar-refractivity contribution is 0.0419. The molecule has 1 fully saturated rings. The van der Waals surface area contributed by atoms with Crippen molar-refractivity contribution < 1.29 is 4.79 Å². The number of rotatable bonds is 8. The third-order valence-corrected chi connectivity index (χ3v) is 7.23. The Hall–Kier alpha value is -3.70. The molecular formula is C32H36N4O. The van der Waals surface area contributed by atoms with Crippen LogP contribution in [0.15, 0.2) is 97.2 Å². The minimum atomic E-state index is -0.156. The zero-order chi connectivity index (χ0) is 25.6. The second kappa shape index (κ2) is 11.6. The van der Waals surface area contributed by atoms with Crippen LogP contribution in [0.25, 0.3) is 11.3 Å². The molecule has 1 amide bonds. The summed E-state index contributed by atoms with van der Waals surface area (Å²) in [7, 11) is 0. The van der Waals surface area contributed by atoms with Gasteiger partial charge in [-0.05, 0) is 49.5 Å². The first-order valence-corrected chi connectivity index (χ1v) is 13.4. The fraction of sp³-hybridized carbons (Fsp3) is 0.312. The molecule has 1 atom stereocenters. The number of carbonyl (C=O) groups excluding carboxylic acids is 1. The molecule has 1 N–H and O–H groups in total. The molecule has 0 bridgehead atoms. The van der Waals surface area contributed by atoms with E-state index in [9.17, 15) is 4.79 Å². The number of benzene rings is 3. The molecule has 0 aliphatic carbocycles. The standard InChI is InChI=1S/C32H36N4O/c1-24(2)30(36(28-18-20-33-21-19-28)32(37)27-16-10-5-11-17-27)31-34-29(26-14-8-4-9-15-26)23-35(31)22-25-12-6-3-7-13-25/h3-17,23-24,28,30,33H,18-22H2,1-2H3. The molecule has 5 rings (SSSR count). The fourth-order valence-electron chi connectivity index (χ4n) is 5.40. The highest BCUT2D eigenvalue weighted by atomic mass is 16.2. The zero-order valence-electron chi connectivity index (χ0n) is 21.8. The van der Waals surface area contributed by atoms with E-state index in [1.165, 1.54) is 5.56 Å². The molecule has 1 aromatic heterocycles. The van der Waals surface area contributed by atoms with Gasteiger partial charge in [0.25, 0.3) is 5.91 Å². The number of imidazole rings is 1. The van der Waals surface area contributed by atoms with Gasteiger partial charge in [-0.2, -0.15) is 0 Å². The van der Waals surface area contributed by atoms with E-state index >= 15 is 0 Å². The zero-order valence-corrected chi connectivity index (χ0v) is 21.8. The minimum Gasteiger partial charge on any atom is -0.328 e. The van der Waals surface area contributed by atoms with E-state index in [0.29, 0.717) is 6.54 Å². The van der Waals surface area contributed by atoms with Crippen LogP contribution >= 0.6 is 0 Å². The smallest absolute Gasteiger partial charge is 0.254 e. The predicted octanol–water partition coefficient (Wildman–Crippen LogP) is 6.19. The van der Waals surface area contributed by atoms with Gasteiger partial charge >= 0.3 is 0 Å². The van der Waals surface area contributed by atoms with Gasteiger partial charge in [0.05, 0.1) is 11.7 Å². The SMILES string of the molecule is CC(C)C(c1nc(-c2ccccc2)cn1Cc1ccccc1)N(C(=O)c1ccccc1)C1CCNCC1. The van der Waals surface area contributed by atoms with Crippen LogP contribution in [0.2, 0.25) is 0 Å². The predicted molar refractivity (Wildman–Crippen MR) is 149 cm³/mol. The highest BCUT2D eigenvalue weighted by Crippen LogP contribution is 2.35. The Labute approximate surface area is 220 Å². The molecule has 2 heterocycles. The average Bonchev–Trinajstić information content (AvgIpc) is 3.36. The lowest BCUT2D eigenvalue weighted by Gasteiger charge is -2.42. The average molecular weight is 493 g/mol. The maximum Gasteiger partial charge on any atom is 0.254 e. The van der Waals surface area contributed by atoms with E-state index in [-0.39, 0.29) is 23.9 Å². The van der Waals surface area contributed by atoms with Gasteiger partial charge in [0.1, 0.15) is 5.82 Å². The summed E-state index contributed by atoms with van der Waals surface area (Å²) in [4.78, 5) is 21.6. The van der Waals surface area contributed by atoms with E-state index in [1.807, 2.05) is 54.6 Å². The Bertz CT molecular complexity index is 1280. The largest absolute Gasteiger partial charge is 0.328 e. The summed E-state index contributed by atoms with van der Waals surface area (Å²) in [5.41, 5.74) is 3.97. The first kappa shape index (κ1) is 25.0. The first-order chi connectivity index (χ1) is 18.1. The van der Waals surface area contributed by atoms with E-state index in [1.54, 1.807) is 0 Å². The van der Waals surface area contributed by atoms with Gasteiger partial charge in [0, 0.05) is 29.9 Å². The molecule has 0 saturated carbocycles. The molecule has 4 aromatic rings. The highest BCUT2D eigenvalue weighted by molar-refractivity contribution is 5.94. The Kier molecular flexibility index (Phi) is 7.81. The summed E-state index contributed by atoms with van der Waals surface area (Å²) in [6, 6.07) is 30.5. The molecule has 1 unspecified atom stereocenters. The molecule has 1 saturated heterocycles. The van der Waals surface area contributed by atoms with Crippen molar-refractivity contribution in [1.82, 2.24) is 19.8 Å². The van der Waals surface area contributed by atoms with Crippen molar-refractivity contribution in [2.75, 3.05) is 13.1 Å². The maximum atomic E-state index is 14.2. The van der Waals surface area contributed by atoms with Crippen molar-refractivity contribution in [1.29, 1.82) is 0 Å². The number of amides is 1. The maximum absolute atomic E-state index is 14.2. The number of nitrogens with one attached hydrogen (secondary N) is 1. The van der Waals surface area contributed by atoms with Crippen molar-refractivity contribution in [2.45, 2.75) is 45.3 Å². The van der Waals surface area contributed by atoms with Crippen LogP contribution in [0, 0.1) is 5.92 Å². The van der Waals surface area contributed by atoms with E-state index in [0.717, 1.165) is 48.6 Å². The highest BCUT2D eigenvalue weighted by Gasteiger charge is 2.37. The number of piperidine rings is 1. The van der Waals surface area contributed by atoms with Crippen molar-refractivity contribution in [3.8, 4) is 11.3 Å². The van der Waals surface area contributed by atoms with Crippen molar-refractivity contribution in [2.24, 2.45) is 5.92 Å². The number of carbonyl (C=O) groups is 1. The van der Waals surface area contributed by atoms with Gasteiger partial charge in [-0.15, -0.1) is 0 Å². The Morgan fingerprint density at radius 3 is 2.14 bits per heavy atom. The molecule has 1 aliphatic rings. The molecule has 1 aliphatic heterocycles. The molecule has 5 heteroatoms. The summed E-state index contributed by atoms with van der Waals surface area (Å²) in [5, 5.41) is 3.47. The molecule has 0 radical (unpaired) electrons. The summed E-state index contributed by atoms with van der Waals surface area (Å²) in [6.07, 6.45) is 4.03. The lowest BCUT2D eigenvalue weighted by Crippen LogP contribution is -2.49. The van der Waals surface area contributed by atoms with Crippen LogP contribution < -0.4 is 5.32 Å². The van der Waals surface area contributed by atoms with Crippen molar-refractivity contribution in [3.63, 3.8) is 0 Å². The second-order valence-electron chi connectivity index (χ2n) is 10.2. The third-order valence-electron chi connectivity index (χ3n) is 7.23. The van der Waals surface area contributed by atoms with Crippen LogP contribution in [0.4, 0.5) is 0 Å². The molecular weight excluding hydrogens is 456 g/mol. The number of aromatic nitrogens is 2. The van der Waals surface area contributed by atoms with Crippen LogP contribution in [-0.2, 0) is 6.54 Å². The number of hydrogen-bond acceptors (Lipinski definition) is 3. The summed E-state index contributed by atoms with van der Waals surface area (Å²) in [5.74, 6) is 1.21. The van der Waals surface area contributed by atoms with Gasteiger partial charge < -0.3 is 14.8 Å². The van der Waals surface area contributed by atoms with Crippen LogP contribution in [-0.4, -0.2) is 39.5 Å². The fourth-order valence-corrected chi connectivity index (χ4v) is 5.40. The van der Waals surface area contributed by atoms with Crippen LogP contribution in [0.3, 0.4) is 0 Å². The van der Waals surface area contributed by atoms with Gasteiger partial charge in [-0.25, -0.2) is 4.98 Å². The summed E-state index contributed by atoms with van der Waals surface area (Å²) >= 11 is 0. The third kappa shape index (κ3) is 5.67. The Morgan fingerprint density at radius 1 is 0.919 bits per heavy atom. The van der Waals surface area contributed by atoms with Crippen molar-refractivity contribution >= 4 is 5.91 Å². The molecule has 5 nitrogen and oxygen atoms in total. The quantitative estimate of drug-likeness (QED) is 0.319. The van der Waals surface area contributed by atoms with Gasteiger partial charge in [0.15, 0.2) is 0 Å². The molecule has 190 valence electrons. The second-order valence-corrected chi connectivity index (χ2v) is 10.2.